The van der Waals surface area contributed by atoms with E-state index in [0.717, 1.165) is 0 Å². The van der Waals surface area contributed by atoms with Crippen molar-refractivity contribution in [3.63, 3.8) is 0 Å². The molecule has 85 valence electrons. The fourth-order valence-corrected chi connectivity index (χ4v) is 3.64. The molecule has 14 heavy (non-hydrogen) atoms. The molecule has 0 aliphatic rings. The van der Waals surface area contributed by atoms with Gasteiger partial charge in [-0.3, -0.25) is 0 Å². The maximum Gasteiger partial charge on any atom is 0.0847 e. The van der Waals surface area contributed by atoms with Gasteiger partial charge < -0.3 is 0 Å². The van der Waals surface area contributed by atoms with Crippen LogP contribution in [0, 0.1) is 4.58 Å². The summed E-state index contributed by atoms with van der Waals surface area (Å²) in [6.07, 6.45) is 8.35. The summed E-state index contributed by atoms with van der Waals surface area (Å²) >= 11 is 4.09. The van der Waals surface area contributed by atoms with Gasteiger partial charge in [0.1, 0.15) is 0 Å². The third kappa shape index (κ3) is 9.26. The van der Waals surface area contributed by atoms with Crippen molar-refractivity contribution in [2.75, 3.05) is 11.5 Å². The molecule has 0 fully saturated rings. The molecule has 0 aromatic carbocycles. The van der Waals surface area contributed by atoms with Crippen LogP contribution in [-0.2, 0) is 0 Å². The first-order valence-corrected chi connectivity index (χ1v) is 7.93. The van der Waals surface area contributed by atoms with Crippen molar-refractivity contribution in [2.24, 2.45) is 0 Å². The van der Waals surface area contributed by atoms with Gasteiger partial charge in [0.25, 0.3) is 0 Å². The Hall–Kier alpha value is 0.700. The molecule has 0 heterocycles. The molecule has 0 amide bonds. The Kier molecular flexibility index (Phi) is 12.4. The molecule has 0 aliphatic heterocycles. The average Bonchev–Trinajstić information content (AvgIpc) is 2.18. The van der Waals surface area contributed by atoms with Crippen LogP contribution in [0.25, 0.3) is 0 Å². The highest BCUT2D eigenvalue weighted by Crippen LogP contribution is 2.36. The van der Waals surface area contributed by atoms with Crippen LogP contribution in [-0.4, -0.2) is 11.5 Å². The van der Waals surface area contributed by atoms with E-state index in [0.29, 0.717) is 0 Å². The van der Waals surface area contributed by atoms with Crippen LogP contribution in [0.1, 0.15) is 59.3 Å². The third-order valence-electron chi connectivity index (χ3n) is 2.10. The first kappa shape index (κ1) is 14.7. The first-order valence-electron chi connectivity index (χ1n) is 5.96. The number of hydrogen-bond acceptors (Lipinski definition) is 2. The predicted octanol–water partition coefficient (Wildman–Crippen LogP) is 5.34. The lowest BCUT2D eigenvalue weighted by Gasteiger charge is -2.12. The summed E-state index contributed by atoms with van der Waals surface area (Å²) in [5, 5.41) is 0. The van der Waals surface area contributed by atoms with Crippen molar-refractivity contribution in [3.8, 4) is 0 Å². The van der Waals surface area contributed by atoms with Gasteiger partial charge in [-0.25, -0.2) is 0 Å². The van der Waals surface area contributed by atoms with E-state index in [-0.39, 0.29) is 0 Å². The molecular formula is C12H25S2. The molecule has 0 atom stereocenters. The normalized spacial score (nSPS) is 11.1. The van der Waals surface area contributed by atoms with Crippen molar-refractivity contribution >= 4 is 23.5 Å². The second kappa shape index (κ2) is 11.8. The molecule has 0 aromatic rings. The molecule has 0 aromatic heterocycles. The van der Waals surface area contributed by atoms with Crippen molar-refractivity contribution < 1.29 is 0 Å². The molecule has 0 N–H and O–H groups in total. The van der Waals surface area contributed by atoms with Crippen molar-refractivity contribution in [3.05, 3.63) is 4.58 Å². The number of rotatable bonds is 10. The summed E-state index contributed by atoms with van der Waals surface area (Å²) in [7, 11) is 0. The van der Waals surface area contributed by atoms with Crippen molar-refractivity contribution in [1.82, 2.24) is 0 Å². The van der Waals surface area contributed by atoms with E-state index in [2.05, 4.69) is 20.8 Å². The Morgan fingerprint density at radius 2 is 1.36 bits per heavy atom. The molecule has 0 nitrogen and oxygen atoms in total. The summed E-state index contributed by atoms with van der Waals surface area (Å²) in [4.78, 5) is 0. The van der Waals surface area contributed by atoms with E-state index in [4.69, 9.17) is 0 Å². The van der Waals surface area contributed by atoms with Gasteiger partial charge in [0, 0.05) is 0 Å². The van der Waals surface area contributed by atoms with E-state index < -0.39 is 0 Å². The molecule has 0 saturated heterocycles. The van der Waals surface area contributed by atoms with Crippen LogP contribution in [0.4, 0.5) is 0 Å². The van der Waals surface area contributed by atoms with E-state index in [1.165, 1.54) is 50.0 Å². The Labute approximate surface area is 99.0 Å². The molecule has 2 heteroatoms. The highest BCUT2D eigenvalue weighted by Gasteiger charge is 2.07. The monoisotopic (exact) mass is 233 g/mol. The minimum Gasteiger partial charge on any atom is -0.142 e. The minimum absolute atomic E-state index is 1.23. The zero-order chi connectivity index (χ0) is 10.6. The standard InChI is InChI=1S/C12H25S2/c1-4-7-8-9-10-11-12(13-5-2)14-6-3/h4-11H2,1-3H3. The van der Waals surface area contributed by atoms with Crippen LogP contribution in [0.3, 0.4) is 0 Å². The lowest BCUT2D eigenvalue weighted by molar-refractivity contribution is 0.633. The Morgan fingerprint density at radius 1 is 0.786 bits per heavy atom. The topological polar surface area (TPSA) is 0 Å². The van der Waals surface area contributed by atoms with Gasteiger partial charge in [-0.15, -0.1) is 23.5 Å². The Balaban J connectivity index is 3.30. The van der Waals surface area contributed by atoms with E-state index in [9.17, 15) is 0 Å². The molecule has 0 aliphatic carbocycles. The van der Waals surface area contributed by atoms with Crippen LogP contribution in [0.5, 0.6) is 0 Å². The molecular weight excluding hydrogens is 208 g/mol. The quantitative estimate of drug-likeness (QED) is 0.467. The van der Waals surface area contributed by atoms with Gasteiger partial charge in [0.05, 0.1) is 4.58 Å². The number of hydrogen-bond donors (Lipinski definition) is 0. The molecule has 1 radical (unpaired) electrons. The van der Waals surface area contributed by atoms with Gasteiger partial charge in [-0.1, -0.05) is 52.9 Å². The fraction of sp³-hybridized carbons (Fsp3) is 0.917. The molecule has 0 spiro atoms. The first-order chi connectivity index (χ1) is 6.85. The summed E-state index contributed by atoms with van der Waals surface area (Å²) in [5.41, 5.74) is 0. The van der Waals surface area contributed by atoms with Gasteiger partial charge >= 0.3 is 0 Å². The van der Waals surface area contributed by atoms with Crippen LogP contribution in [0.15, 0.2) is 0 Å². The van der Waals surface area contributed by atoms with E-state index in [1.807, 2.05) is 23.5 Å². The van der Waals surface area contributed by atoms with Crippen molar-refractivity contribution in [1.29, 1.82) is 0 Å². The van der Waals surface area contributed by atoms with Gasteiger partial charge in [-0.05, 0) is 17.9 Å². The smallest absolute Gasteiger partial charge is 0.0847 e. The van der Waals surface area contributed by atoms with Crippen LogP contribution >= 0.6 is 23.5 Å². The summed E-state index contributed by atoms with van der Waals surface area (Å²) in [6.45, 7) is 6.77. The number of unbranched alkanes of at least 4 members (excludes halogenated alkanes) is 4. The van der Waals surface area contributed by atoms with Gasteiger partial charge in [0.2, 0.25) is 0 Å². The van der Waals surface area contributed by atoms with Crippen molar-refractivity contribution in [2.45, 2.75) is 59.3 Å². The summed E-state index contributed by atoms with van der Waals surface area (Å²) < 4.78 is 1.66. The summed E-state index contributed by atoms with van der Waals surface area (Å²) in [5.74, 6) is 2.47. The second-order valence-electron chi connectivity index (χ2n) is 3.40. The van der Waals surface area contributed by atoms with Crippen LogP contribution in [0.2, 0.25) is 0 Å². The summed E-state index contributed by atoms with van der Waals surface area (Å²) in [6, 6.07) is 0. The molecule has 0 rings (SSSR count). The van der Waals surface area contributed by atoms with Gasteiger partial charge in [0.15, 0.2) is 0 Å². The largest absolute Gasteiger partial charge is 0.142 e. The zero-order valence-electron chi connectivity index (χ0n) is 9.97. The SMILES string of the molecule is CCCCCCC[C](SCC)SCC. The second-order valence-corrected chi connectivity index (χ2v) is 6.38. The maximum absolute atomic E-state index is 2.28. The minimum atomic E-state index is 1.23. The maximum atomic E-state index is 2.28. The molecule has 0 unspecified atom stereocenters. The highest BCUT2D eigenvalue weighted by molar-refractivity contribution is 8.20. The lowest BCUT2D eigenvalue weighted by atomic mass is 10.1. The molecule has 0 saturated carbocycles. The average molecular weight is 233 g/mol. The van der Waals surface area contributed by atoms with E-state index >= 15 is 0 Å². The third-order valence-corrected chi connectivity index (χ3v) is 4.43. The lowest BCUT2D eigenvalue weighted by Crippen LogP contribution is -1.89. The fourth-order valence-electron chi connectivity index (χ4n) is 1.38. The molecule has 0 bridgehead atoms. The predicted molar refractivity (Wildman–Crippen MR) is 72.9 cm³/mol. The Bertz CT molecular complexity index is 98.5. The number of thioether (sulfide) groups is 2. The van der Waals surface area contributed by atoms with E-state index in [1.54, 1.807) is 4.58 Å². The zero-order valence-corrected chi connectivity index (χ0v) is 11.6. The highest BCUT2D eigenvalue weighted by atomic mass is 32.2. The van der Waals surface area contributed by atoms with Gasteiger partial charge in [-0.2, -0.15) is 0 Å². The van der Waals surface area contributed by atoms with Crippen LogP contribution < -0.4 is 0 Å². The Morgan fingerprint density at radius 3 is 1.86 bits per heavy atom.